The first-order valence-corrected chi connectivity index (χ1v) is 10.5. The highest BCUT2D eigenvalue weighted by atomic mass is 32.2. The Balaban J connectivity index is 2.30. The van der Waals surface area contributed by atoms with Crippen molar-refractivity contribution >= 4 is 23.6 Å². The van der Waals surface area contributed by atoms with Crippen molar-refractivity contribution in [2.75, 3.05) is 5.75 Å². The predicted octanol–water partition coefficient (Wildman–Crippen LogP) is 4.80. The monoisotopic (exact) mass is 377 g/mol. The van der Waals surface area contributed by atoms with Crippen molar-refractivity contribution in [2.45, 2.75) is 63.7 Å². The van der Waals surface area contributed by atoms with E-state index in [1.807, 2.05) is 42.5 Å². The van der Waals surface area contributed by atoms with Crippen molar-refractivity contribution in [3.8, 4) is 0 Å². The second-order valence-electron chi connectivity index (χ2n) is 6.39. The summed E-state index contributed by atoms with van der Waals surface area (Å²) < 4.78 is 0. The van der Waals surface area contributed by atoms with Crippen LogP contribution < -0.4 is 5.32 Å². The molecule has 5 heteroatoms. The zero-order valence-electron chi connectivity index (χ0n) is 15.7. The fourth-order valence-corrected chi connectivity index (χ4v) is 3.57. The maximum atomic E-state index is 12.0. The number of hydrogen-bond acceptors (Lipinski definition) is 3. The van der Waals surface area contributed by atoms with E-state index in [0.717, 1.165) is 18.6 Å². The summed E-state index contributed by atoms with van der Waals surface area (Å²) in [5, 5.41) is 11.9. The summed E-state index contributed by atoms with van der Waals surface area (Å²) in [6.07, 6.45) is 10.1. The van der Waals surface area contributed by atoms with E-state index in [0.29, 0.717) is 12.2 Å². The van der Waals surface area contributed by atoms with Crippen molar-refractivity contribution in [3.63, 3.8) is 0 Å². The van der Waals surface area contributed by atoms with E-state index in [1.165, 1.54) is 24.8 Å². The van der Waals surface area contributed by atoms with Crippen LogP contribution >= 0.6 is 11.8 Å². The van der Waals surface area contributed by atoms with Crippen LogP contribution in [0.15, 0.2) is 42.5 Å². The Labute approximate surface area is 161 Å². The molecule has 0 aromatic heterocycles. The molecule has 1 aromatic carbocycles. The van der Waals surface area contributed by atoms with Crippen LogP contribution in [0.4, 0.5) is 0 Å². The van der Waals surface area contributed by atoms with Crippen molar-refractivity contribution in [1.82, 2.24) is 5.32 Å². The molecule has 0 bridgehead atoms. The van der Waals surface area contributed by atoms with Gasteiger partial charge in [-0.15, -0.1) is 0 Å². The highest BCUT2D eigenvalue weighted by molar-refractivity contribution is 7.98. The number of benzene rings is 1. The summed E-state index contributed by atoms with van der Waals surface area (Å²) >= 11 is 1.64. The van der Waals surface area contributed by atoms with Crippen LogP contribution in [0.5, 0.6) is 0 Å². The van der Waals surface area contributed by atoms with Crippen LogP contribution in [0, 0.1) is 0 Å². The highest BCUT2D eigenvalue weighted by Gasteiger charge is 2.15. The van der Waals surface area contributed by atoms with Gasteiger partial charge in [0.2, 0.25) is 5.91 Å². The van der Waals surface area contributed by atoms with Crippen LogP contribution in [0.3, 0.4) is 0 Å². The second-order valence-corrected chi connectivity index (χ2v) is 7.42. The molecule has 0 saturated heterocycles. The number of hydrogen-bond donors (Lipinski definition) is 2. The zero-order chi connectivity index (χ0) is 19.0. The summed E-state index contributed by atoms with van der Waals surface area (Å²) in [5.41, 5.74) is 1.20. The van der Waals surface area contributed by atoms with Gasteiger partial charge in [0.25, 0.3) is 0 Å². The Morgan fingerprint density at radius 3 is 2.62 bits per heavy atom. The molecule has 0 aliphatic carbocycles. The number of carbonyl (C=O) groups is 2. The molecule has 1 aromatic rings. The number of amides is 1. The molecule has 1 rings (SSSR count). The van der Waals surface area contributed by atoms with Crippen molar-refractivity contribution in [1.29, 1.82) is 0 Å². The average molecular weight is 378 g/mol. The molecule has 0 aliphatic heterocycles. The quantitative estimate of drug-likeness (QED) is 0.361. The van der Waals surface area contributed by atoms with E-state index in [4.69, 9.17) is 5.11 Å². The van der Waals surface area contributed by atoms with E-state index >= 15 is 0 Å². The fourth-order valence-electron chi connectivity index (χ4n) is 2.54. The Hall–Kier alpha value is -1.75. The molecule has 26 heavy (non-hydrogen) atoms. The van der Waals surface area contributed by atoms with E-state index < -0.39 is 5.97 Å². The number of rotatable bonds is 14. The Morgan fingerprint density at radius 1 is 1.15 bits per heavy atom. The Morgan fingerprint density at radius 2 is 1.92 bits per heavy atom. The lowest BCUT2D eigenvalue weighted by molar-refractivity contribution is -0.137. The molecular weight excluding hydrogens is 346 g/mol. The smallest absolute Gasteiger partial charge is 0.305 e. The number of unbranched alkanes of at least 4 members (excludes halogenated alkanes) is 4. The molecule has 0 radical (unpaired) electrons. The number of nitrogens with one attached hydrogen (secondary N) is 1. The normalized spacial score (nSPS) is 12.2. The van der Waals surface area contributed by atoms with Gasteiger partial charge in [0.15, 0.2) is 0 Å². The first-order chi connectivity index (χ1) is 12.6. The maximum absolute atomic E-state index is 12.0. The van der Waals surface area contributed by atoms with Gasteiger partial charge in [-0.1, -0.05) is 68.7 Å². The largest absolute Gasteiger partial charge is 0.481 e. The lowest BCUT2D eigenvalue weighted by atomic mass is 10.1. The first-order valence-electron chi connectivity index (χ1n) is 9.39. The molecule has 144 valence electrons. The van der Waals surface area contributed by atoms with E-state index in [1.54, 1.807) is 11.8 Å². The minimum absolute atomic E-state index is 0.0474. The van der Waals surface area contributed by atoms with Crippen LogP contribution in [0.25, 0.3) is 0 Å². The molecule has 0 heterocycles. The van der Waals surface area contributed by atoms with Crippen LogP contribution in [0.2, 0.25) is 0 Å². The van der Waals surface area contributed by atoms with Crippen LogP contribution in [0.1, 0.15) is 57.4 Å². The van der Waals surface area contributed by atoms with Gasteiger partial charge >= 0.3 is 5.97 Å². The standard InChI is InChI=1S/C21H31NO3S/c1-2-3-4-5-6-7-11-14-20(23)22-19(15-21(24)25)17-26-16-18-12-9-8-10-13-18/h7-13,19H,2-6,14-17H2,1H3,(H,22,23)(H,24,25)/b11-7+/t19-/m0/s1. The summed E-state index contributed by atoms with van der Waals surface area (Å²) in [5.74, 6) is 0.404. The van der Waals surface area contributed by atoms with E-state index in [9.17, 15) is 9.59 Å². The molecule has 0 spiro atoms. The number of carbonyl (C=O) groups excluding carboxylic acids is 1. The zero-order valence-corrected chi connectivity index (χ0v) is 16.5. The number of carboxylic acid groups (broad SMARTS) is 1. The van der Waals surface area contributed by atoms with E-state index in [-0.39, 0.29) is 18.4 Å². The lowest BCUT2D eigenvalue weighted by Crippen LogP contribution is -2.38. The molecule has 0 fully saturated rings. The Bertz CT molecular complexity index is 545. The lowest BCUT2D eigenvalue weighted by Gasteiger charge is -2.16. The fraction of sp³-hybridized carbons (Fsp3) is 0.524. The SMILES string of the molecule is CCCCCC/C=C/CC(=O)N[C@H](CSCc1ccccc1)CC(=O)O. The van der Waals surface area contributed by atoms with Gasteiger partial charge in [-0.2, -0.15) is 11.8 Å². The average Bonchev–Trinajstić information content (AvgIpc) is 2.61. The molecule has 4 nitrogen and oxygen atoms in total. The van der Waals surface area contributed by atoms with Crippen molar-refractivity contribution in [3.05, 3.63) is 48.0 Å². The summed E-state index contributed by atoms with van der Waals surface area (Å²) in [6.45, 7) is 2.19. The minimum Gasteiger partial charge on any atom is -0.481 e. The molecule has 1 amide bonds. The number of carboxylic acids is 1. The Kier molecular flexibility index (Phi) is 12.4. The van der Waals surface area contributed by atoms with E-state index in [2.05, 4.69) is 12.2 Å². The molecule has 1 atom stereocenters. The van der Waals surface area contributed by atoms with Gasteiger partial charge in [0.05, 0.1) is 6.42 Å². The van der Waals surface area contributed by atoms with Crippen molar-refractivity contribution < 1.29 is 14.7 Å². The molecule has 0 unspecified atom stereocenters. The minimum atomic E-state index is -0.887. The second kappa shape index (κ2) is 14.4. The highest BCUT2D eigenvalue weighted by Crippen LogP contribution is 2.14. The topological polar surface area (TPSA) is 66.4 Å². The van der Waals surface area contributed by atoms with Gasteiger partial charge < -0.3 is 10.4 Å². The predicted molar refractivity (Wildman–Crippen MR) is 109 cm³/mol. The number of thioether (sulfide) groups is 1. The van der Waals surface area contributed by atoms with Gasteiger partial charge in [-0.05, 0) is 18.4 Å². The third-order valence-corrected chi connectivity index (χ3v) is 5.09. The molecular formula is C21H31NO3S. The number of aliphatic carboxylic acids is 1. The van der Waals surface area contributed by atoms with Gasteiger partial charge in [-0.25, -0.2) is 0 Å². The number of allylic oxidation sites excluding steroid dienone is 1. The maximum Gasteiger partial charge on any atom is 0.305 e. The summed E-state index contributed by atoms with van der Waals surface area (Å²) in [6, 6.07) is 9.69. The van der Waals surface area contributed by atoms with Crippen LogP contribution in [-0.2, 0) is 15.3 Å². The van der Waals surface area contributed by atoms with Crippen molar-refractivity contribution in [2.24, 2.45) is 0 Å². The first kappa shape index (κ1) is 22.3. The third-order valence-electron chi connectivity index (χ3n) is 3.91. The third kappa shape index (κ3) is 11.7. The molecule has 0 saturated carbocycles. The van der Waals surface area contributed by atoms with Gasteiger partial charge in [0, 0.05) is 24.0 Å². The summed E-state index contributed by atoms with van der Waals surface area (Å²) in [4.78, 5) is 23.1. The van der Waals surface area contributed by atoms with Gasteiger partial charge in [0.1, 0.15) is 0 Å². The molecule has 0 aliphatic rings. The molecule has 2 N–H and O–H groups in total. The summed E-state index contributed by atoms with van der Waals surface area (Å²) in [7, 11) is 0. The van der Waals surface area contributed by atoms with Gasteiger partial charge in [-0.3, -0.25) is 9.59 Å². The van der Waals surface area contributed by atoms with Crippen LogP contribution in [-0.4, -0.2) is 28.8 Å².